The number of rotatable bonds is 6. The van der Waals surface area contributed by atoms with Crippen molar-refractivity contribution in [3.05, 3.63) is 83.7 Å². The zero-order valence-electron chi connectivity index (χ0n) is 18.3. The molecule has 0 aliphatic rings. The van der Waals surface area contributed by atoms with E-state index in [1.54, 1.807) is 54.6 Å². The molecule has 1 amide bonds. The number of hydrogen-bond donors (Lipinski definition) is 2. The molecule has 0 fully saturated rings. The number of carbonyl (C=O) groups excluding carboxylic acids is 1. The molecule has 0 aliphatic heterocycles. The molecule has 0 saturated carbocycles. The minimum atomic E-state index is -3.91. The number of methoxy groups -OCH3 is 1. The van der Waals surface area contributed by atoms with Crippen molar-refractivity contribution in [2.24, 2.45) is 0 Å². The van der Waals surface area contributed by atoms with Crippen LogP contribution in [-0.4, -0.2) is 31.4 Å². The van der Waals surface area contributed by atoms with Crippen LogP contribution in [0.25, 0.3) is 11.0 Å². The van der Waals surface area contributed by atoms with E-state index in [2.05, 4.69) is 20.0 Å². The molecular weight excluding hydrogens is 440 g/mol. The predicted octanol–water partition coefficient (Wildman–Crippen LogP) is 4.31. The predicted molar refractivity (Wildman–Crippen MR) is 127 cm³/mol. The molecule has 4 rings (SSSR count). The number of amides is 1. The van der Waals surface area contributed by atoms with Gasteiger partial charge in [-0.05, 0) is 62.4 Å². The van der Waals surface area contributed by atoms with E-state index in [-0.39, 0.29) is 10.8 Å². The number of nitrogens with one attached hydrogen (secondary N) is 2. The molecule has 0 radical (unpaired) electrons. The van der Waals surface area contributed by atoms with Crippen LogP contribution in [0.3, 0.4) is 0 Å². The summed E-state index contributed by atoms with van der Waals surface area (Å²) in [4.78, 5) is 21.8. The summed E-state index contributed by atoms with van der Waals surface area (Å²) in [5, 5.41) is 2.74. The maximum Gasteiger partial charge on any atom is 0.262 e. The summed E-state index contributed by atoms with van der Waals surface area (Å²) in [6.45, 7) is 3.74. The summed E-state index contributed by atoms with van der Waals surface area (Å²) in [5.74, 6) is 0.0135. The highest BCUT2D eigenvalue weighted by molar-refractivity contribution is 7.92. The molecule has 0 unspecified atom stereocenters. The van der Waals surface area contributed by atoms with Gasteiger partial charge in [-0.15, -0.1) is 0 Å². The van der Waals surface area contributed by atoms with Crippen molar-refractivity contribution < 1.29 is 17.9 Å². The topological polar surface area (TPSA) is 110 Å². The molecule has 1 heterocycles. The van der Waals surface area contributed by atoms with Gasteiger partial charge in [0.1, 0.15) is 5.75 Å². The van der Waals surface area contributed by atoms with E-state index in [4.69, 9.17) is 4.74 Å². The van der Waals surface area contributed by atoms with Gasteiger partial charge >= 0.3 is 0 Å². The third kappa shape index (κ3) is 4.78. The Morgan fingerprint density at radius 2 is 1.61 bits per heavy atom. The molecule has 1 aromatic heterocycles. The Hall–Kier alpha value is -3.98. The second-order valence-corrected chi connectivity index (χ2v) is 9.07. The summed E-state index contributed by atoms with van der Waals surface area (Å²) >= 11 is 0. The first-order valence-electron chi connectivity index (χ1n) is 10.1. The Morgan fingerprint density at radius 3 is 2.36 bits per heavy atom. The summed E-state index contributed by atoms with van der Waals surface area (Å²) in [5.41, 5.74) is 3.99. The van der Waals surface area contributed by atoms with Gasteiger partial charge in [0.15, 0.2) is 0 Å². The molecular formula is C24H22N4O4S. The van der Waals surface area contributed by atoms with E-state index in [0.29, 0.717) is 33.7 Å². The average molecular weight is 463 g/mol. The van der Waals surface area contributed by atoms with Crippen LogP contribution in [0.15, 0.2) is 71.6 Å². The number of carbonyl (C=O) groups is 1. The van der Waals surface area contributed by atoms with Crippen LogP contribution in [0.1, 0.15) is 21.7 Å². The second-order valence-electron chi connectivity index (χ2n) is 7.39. The Balaban J connectivity index is 1.57. The summed E-state index contributed by atoms with van der Waals surface area (Å²) in [6, 6.07) is 17.8. The summed E-state index contributed by atoms with van der Waals surface area (Å²) < 4.78 is 33.5. The van der Waals surface area contributed by atoms with E-state index in [0.717, 1.165) is 11.4 Å². The van der Waals surface area contributed by atoms with E-state index in [1.807, 2.05) is 13.8 Å². The Bertz CT molecular complexity index is 1470. The van der Waals surface area contributed by atoms with E-state index < -0.39 is 10.0 Å². The van der Waals surface area contributed by atoms with Crippen LogP contribution in [0.2, 0.25) is 0 Å². The standard InChI is InChI=1S/C24H22N4O4S/c1-15-16(2)26-22-13-17(11-12-20(22)25-15)24(29)27-18-7-6-8-19(14-18)33(30,31)28-21-9-4-5-10-23(21)32-3/h4-14,28H,1-3H3,(H,27,29). The normalized spacial score (nSPS) is 11.2. The van der Waals surface area contributed by atoms with Crippen LogP contribution in [-0.2, 0) is 10.0 Å². The Morgan fingerprint density at radius 1 is 0.879 bits per heavy atom. The molecule has 0 bridgehead atoms. The van der Waals surface area contributed by atoms with Gasteiger partial charge in [-0.25, -0.2) is 18.4 Å². The van der Waals surface area contributed by atoms with E-state index >= 15 is 0 Å². The van der Waals surface area contributed by atoms with Gasteiger partial charge < -0.3 is 10.1 Å². The molecule has 168 valence electrons. The number of hydrogen-bond acceptors (Lipinski definition) is 6. The smallest absolute Gasteiger partial charge is 0.262 e. The van der Waals surface area contributed by atoms with Crippen LogP contribution in [0.4, 0.5) is 11.4 Å². The monoisotopic (exact) mass is 462 g/mol. The lowest BCUT2D eigenvalue weighted by atomic mass is 10.1. The summed E-state index contributed by atoms with van der Waals surface area (Å²) in [6.07, 6.45) is 0. The van der Waals surface area contributed by atoms with Gasteiger partial charge in [-0.2, -0.15) is 0 Å². The maximum absolute atomic E-state index is 12.9. The first kappa shape index (κ1) is 22.2. The molecule has 3 aromatic carbocycles. The third-order valence-electron chi connectivity index (χ3n) is 5.09. The second kappa shape index (κ2) is 8.87. The zero-order chi connectivity index (χ0) is 23.6. The molecule has 0 saturated heterocycles. The molecule has 4 aromatic rings. The van der Waals surface area contributed by atoms with Crippen LogP contribution in [0.5, 0.6) is 5.75 Å². The van der Waals surface area contributed by atoms with Crippen molar-refractivity contribution in [2.75, 3.05) is 17.1 Å². The minimum Gasteiger partial charge on any atom is -0.495 e. The van der Waals surface area contributed by atoms with Crippen LogP contribution < -0.4 is 14.8 Å². The fraction of sp³-hybridized carbons (Fsp3) is 0.125. The number of sulfonamides is 1. The van der Waals surface area contributed by atoms with Gasteiger partial charge in [0.2, 0.25) is 0 Å². The lowest BCUT2D eigenvalue weighted by Crippen LogP contribution is -2.15. The van der Waals surface area contributed by atoms with Crippen molar-refractivity contribution in [1.82, 2.24) is 9.97 Å². The SMILES string of the molecule is COc1ccccc1NS(=O)(=O)c1cccc(NC(=O)c2ccc3nc(C)c(C)nc3c2)c1. The van der Waals surface area contributed by atoms with Crippen LogP contribution >= 0.6 is 0 Å². The highest BCUT2D eigenvalue weighted by Gasteiger charge is 2.18. The number of ether oxygens (including phenoxy) is 1. The number of aromatic nitrogens is 2. The first-order valence-corrected chi connectivity index (χ1v) is 11.6. The molecule has 0 atom stereocenters. The highest BCUT2D eigenvalue weighted by Crippen LogP contribution is 2.27. The maximum atomic E-state index is 12.9. The lowest BCUT2D eigenvalue weighted by Gasteiger charge is -2.13. The molecule has 0 spiro atoms. The van der Waals surface area contributed by atoms with Crippen LogP contribution in [0, 0.1) is 13.8 Å². The van der Waals surface area contributed by atoms with E-state index in [9.17, 15) is 13.2 Å². The van der Waals surface area contributed by atoms with Gasteiger partial charge in [-0.3, -0.25) is 9.52 Å². The van der Waals surface area contributed by atoms with Gasteiger partial charge in [0.25, 0.3) is 15.9 Å². The fourth-order valence-electron chi connectivity index (χ4n) is 3.25. The quantitative estimate of drug-likeness (QED) is 0.442. The number of nitrogens with zero attached hydrogens (tertiary/aromatic N) is 2. The molecule has 2 N–H and O–H groups in total. The third-order valence-corrected chi connectivity index (χ3v) is 6.45. The van der Waals surface area contributed by atoms with E-state index in [1.165, 1.54) is 19.2 Å². The molecule has 9 heteroatoms. The van der Waals surface area contributed by atoms with Gasteiger partial charge in [-0.1, -0.05) is 18.2 Å². The number of benzene rings is 3. The van der Waals surface area contributed by atoms with Crippen molar-refractivity contribution in [1.29, 1.82) is 0 Å². The lowest BCUT2D eigenvalue weighted by molar-refractivity contribution is 0.102. The van der Waals surface area contributed by atoms with Crippen molar-refractivity contribution in [3.63, 3.8) is 0 Å². The number of fused-ring (bicyclic) bond motifs is 1. The zero-order valence-corrected chi connectivity index (χ0v) is 19.1. The van der Waals surface area contributed by atoms with Gasteiger partial charge in [0, 0.05) is 11.3 Å². The molecule has 8 nitrogen and oxygen atoms in total. The van der Waals surface area contributed by atoms with Crippen molar-refractivity contribution in [3.8, 4) is 5.75 Å². The number of para-hydroxylation sites is 2. The highest BCUT2D eigenvalue weighted by atomic mass is 32.2. The Labute approximate surface area is 191 Å². The largest absolute Gasteiger partial charge is 0.495 e. The first-order chi connectivity index (χ1) is 15.8. The molecule has 0 aliphatic carbocycles. The van der Waals surface area contributed by atoms with Crippen molar-refractivity contribution in [2.45, 2.75) is 18.7 Å². The number of aryl methyl sites for hydroxylation is 2. The number of anilines is 2. The molecule has 33 heavy (non-hydrogen) atoms. The summed E-state index contributed by atoms with van der Waals surface area (Å²) in [7, 11) is -2.44. The Kier molecular flexibility index (Phi) is 5.97. The fourth-order valence-corrected chi connectivity index (χ4v) is 4.36. The van der Waals surface area contributed by atoms with Gasteiger partial charge in [0.05, 0.1) is 40.1 Å². The minimum absolute atomic E-state index is 0.00156. The van der Waals surface area contributed by atoms with Crippen molar-refractivity contribution >= 4 is 38.3 Å². The average Bonchev–Trinajstić information content (AvgIpc) is 2.80.